The van der Waals surface area contributed by atoms with Gasteiger partial charge in [-0.1, -0.05) is 11.6 Å². The molecule has 0 amide bonds. The molecule has 5 atom stereocenters. The van der Waals surface area contributed by atoms with E-state index in [0.29, 0.717) is 18.3 Å². The average molecular weight is 338 g/mol. The Morgan fingerprint density at radius 1 is 1.33 bits per heavy atom. The molecule has 0 spiro atoms. The maximum absolute atomic E-state index is 10.6. The Kier molecular flexibility index (Phi) is 6.31. The molecule has 1 aliphatic heterocycles. The van der Waals surface area contributed by atoms with Gasteiger partial charge in [-0.25, -0.2) is 0 Å². The number of carboxylic acid groups (broad SMARTS) is 1. The molecule has 1 saturated heterocycles. The molecule has 2 saturated carbocycles. The van der Waals surface area contributed by atoms with Gasteiger partial charge in [0.1, 0.15) is 0 Å². The molecule has 0 aromatic carbocycles. The first kappa shape index (κ1) is 17.9. The van der Waals surface area contributed by atoms with E-state index in [-0.39, 0.29) is 31.3 Å². The minimum Gasteiger partial charge on any atom is -0.481 e. The van der Waals surface area contributed by atoms with Crippen LogP contribution < -0.4 is 0 Å². The first-order valence-corrected chi connectivity index (χ1v) is 9.45. The molecule has 0 aromatic rings. The van der Waals surface area contributed by atoms with Crippen LogP contribution >= 0.6 is 0 Å². The van der Waals surface area contributed by atoms with Gasteiger partial charge in [0.2, 0.25) is 0 Å². The standard InChI is InChI=1S/C19H30O5/c20-12-16-15-10-13(5-1-2-6-18(21)22)9-14(15)11-17(16)24-19-7-3-4-8-23-19/h5,14-17,19-20H,1-4,6-12H2,(H,21,22)/b13-5-/t14-,15-,16+,17?,19?/m0/s1. The fourth-order valence-electron chi connectivity index (χ4n) is 4.70. The van der Waals surface area contributed by atoms with Gasteiger partial charge in [-0.15, -0.1) is 0 Å². The van der Waals surface area contributed by atoms with E-state index >= 15 is 0 Å². The molecule has 2 N–H and O–H groups in total. The Balaban J connectivity index is 1.49. The summed E-state index contributed by atoms with van der Waals surface area (Å²) in [6.45, 7) is 0.974. The number of hydrogen-bond acceptors (Lipinski definition) is 4. The lowest BCUT2D eigenvalue weighted by Gasteiger charge is -2.29. The number of hydrogen-bond donors (Lipinski definition) is 2. The number of fused-ring (bicyclic) bond motifs is 1. The zero-order valence-electron chi connectivity index (χ0n) is 14.4. The van der Waals surface area contributed by atoms with Crippen LogP contribution in [0.4, 0.5) is 0 Å². The second-order valence-electron chi connectivity index (χ2n) is 7.53. The van der Waals surface area contributed by atoms with E-state index in [2.05, 4.69) is 6.08 Å². The quantitative estimate of drug-likeness (QED) is 0.551. The lowest BCUT2D eigenvalue weighted by Crippen LogP contribution is -2.32. The third-order valence-corrected chi connectivity index (χ3v) is 5.89. The first-order valence-electron chi connectivity index (χ1n) is 9.45. The Bertz CT molecular complexity index is 455. The number of ether oxygens (including phenoxy) is 2. The van der Waals surface area contributed by atoms with Gasteiger partial charge in [0, 0.05) is 25.6 Å². The number of aliphatic hydroxyl groups is 1. The van der Waals surface area contributed by atoms with Gasteiger partial charge in [0.25, 0.3) is 0 Å². The summed E-state index contributed by atoms with van der Waals surface area (Å²) in [4.78, 5) is 10.6. The van der Waals surface area contributed by atoms with Crippen molar-refractivity contribution in [1.82, 2.24) is 0 Å². The second kappa shape index (κ2) is 8.45. The van der Waals surface area contributed by atoms with Crippen molar-refractivity contribution >= 4 is 5.97 Å². The van der Waals surface area contributed by atoms with Crippen molar-refractivity contribution < 1.29 is 24.5 Å². The zero-order chi connectivity index (χ0) is 16.9. The number of rotatable bonds is 7. The number of unbranched alkanes of at least 4 members (excludes halogenated alkanes) is 1. The smallest absolute Gasteiger partial charge is 0.303 e. The van der Waals surface area contributed by atoms with E-state index in [9.17, 15) is 9.90 Å². The third kappa shape index (κ3) is 4.38. The fourth-order valence-corrected chi connectivity index (χ4v) is 4.70. The molecule has 0 bridgehead atoms. The van der Waals surface area contributed by atoms with Crippen LogP contribution in [-0.4, -0.2) is 41.8 Å². The minimum absolute atomic E-state index is 0.0809. The van der Waals surface area contributed by atoms with Crippen LogP contribution in [0.2, 0.25) is 0 Å². The molecule has 24 heavy (non-hydrogen) atoms. The molecule has 3 rings (SSSR count). The Morgan fingerprint density at radius 2 is 2.21 bits per heavy atom. The van der Waals surface area contributed by atoms with Gasteiger partial charge >= 0.3 is 5.97 Å². The van der Waals surface area contributed by atoms with Gasteiger partial charge < -0.3 is 19.7 Å². The van der Waals surface area contributed by atoms with Crippen LogP contribution in [0, 0.1) is 17.8 Å². The summed E-state index contributed by atoms with van der Waals surface area (Å²) in [5.41, 5.74) is 1.45. The van der Waals surface area contributed by atoms with Crippen LogP contribution in [0.1, 0.15) is 57.8 Å². The van der Waals surface area contributed by atoms with Crippen LogP contribution in [-0.2, 0) is 14.3 Å². The number of carbonyl (C=O) groups is 1. The van der Waals surface area contributed by atoms with E-state index in [0.717, 1.165) is 51.6 Å². The molecule has 5 heteroatoms. The number of allylic oxidation sites excluding steroid dienone is 2. The first-order chi connectivity index (χ1) is 11.7. The van der Waals surface area contributed by atoms with Gasteiger partial charge in [0.05, 0.1) is 6.10 Å². The van der Waals surface area contributed by atoms with Gasteiger partial charge in [-0.2, -0.15) is 0 Å². The molecule has 0 radical (unpaired) electrons. The molecule has 3 fully saturated rings. The highest BCUT2D eigenvalue weighted by molar-refractivity contribution is 5.66. The summed E-state index contributed by atoms with van der Waals surface area (Å²) in [6.07, 6.45) is 10.5. The molecule has 136 valence electrons. The highest BCUT2D eigenvalue weighted by atomic mass is 16.7. The van der Waals surface area contributed by atoms with E-state index in [1.165, 1.54) is 5.57 Å². The lowest BCUT2D eigenvalue weighted by molar-refractivity contribution is -0.198. The summed E-state index contributed by atoms with van der Waals surface area (Å²) in [5.74, 6) is 0.600. The Hall–Kier alpha value is -0.910. The summed E-state index contributed by atoms with van der Waals surface area (Å²) in [5, 5.41) is 18.6. The average Bonchev–Trinajstić information content (AvgIpc) is 3.09. The van der Waals surface area contributed by atoms with E-state index < -0.39 is 5.97 Å². The van der Waals surface area contributed by atoms with Crippen molar-refractivity contribution in [3.8, 4) is 0 Å². The molecule has 3 aliphatic rings. The third-order valence-electron chi connectivity index (χ3n) is 5.89. The van der Waals surface area contributed by atoms with E-state index in [1.54, 1.807) is 0 Å². The van der Waals surface area contributed by atoms with Crippen molar-refractivity contribution in [2.45, 2.75) is 70.2 Å². The Morgan fingerprint density at radius 3 is 2.92 bits per heavy atom. The Labute approximate surface area is 144 Å². The van der Waals surface area contributed by atoms with Crippen LogP contribution in [0.25, 0.3) is 0 Å². The van der Waals surface area contributed by atoms with E-state index in [4.69, 9.17) is 14.6 Å². The maximum atomic E-state index is 10.6. The van der Waals surface area contributed by atoms with Crippen molar-refractivity contribution in [2.24, 2.45) is 17.8 Å². The molecule has 2 unspecified atom stereocenters. The normalized spacial score (nSPS) is 37.7. The summed E-state index contributed by atoms with van der Waals surface area (Å²) < 4.78 is 11.9. The summed E-state index contributed by atoms with van der Waals surface area (Å²) >= 11 is 0. The lowest BCUT2D eigenvalue weighted by atomic mass is 9.92. The van der Waals surface area contributed by atoms with Crippen LogP contribution in [0.15, 0.2) is 11.6 Å². The van der Waals surface area contributed by atoms with Gasteiger partial charge in [-0.3, -0.25) is 4.79 Å². The summed E-state index contributed by atoms with van der Waals surface area (Å²) in [7, 11) is 0. The molecular formula is C19H30O5. The van der Waals surface area contributed by atoms with Crippen LogP contribution in [0.3, 0.4) is 0 Å². The van der Waals surface area contributed by atoms with Gasteiger partial charge in [0.15, 0.2) is 6.29 Å². The topological polar surface area (TPSA) is 76.0 Å². The molecule has 5 nitrogen and oxygen atoms in total. The van der Waals surface area contributed by atoms with Crippen molar-refractivity contribution in [2.75, 3.05) is 13.2 Å². The number of carboxylic acids is 1. The highest BCUT2D eigenvalue weighted by Gasteiger charge is 2.47. The van der Waals surface area contributed by atoms with Crippen molar-refractivity contribution in [3.63, 3.8) is 0 Å². The molecule has 0 aromatic heterocycles. The predicted octanol–water partition coefficient (Wildman–Crippen LogP) is 3.12. The SMILES string of the molecule is O=C(O)CCC/C=C1/C[C@H]2CC(OC3CCCCO3)[C@H](CO)[C@H]2C1. The highest BCUT2D eigenvalue weighted by Crippen LogP contribution is 2.51. The summed E-state index contributed by atoms with van der Waals surface area (Å²) in [6, 6.07) is 0. The minimum atomic E-state index is -0.720. The van der Waals surface area contributed by atoms with Crippen LogP contribution in [0.5, 0.6) is 0 Å². The second-order valence-corrected chi connectivity index (χ2v) is 7.53. The fraction of sp³-hybridized carbons (Fsp3) is 0.842. The molecule has 2 aliphatic carbocycles. The predicted molar refractivity (Wildman–Crippen MR) is 89.4 cm³/mol. The van der Waals surface area contributed by atoms with Crippen molar-refractivity contribution in [1.29, 1.82) is 0 Å². The molecule has 1 heterocycles. The number of aliphatic carboxylic acids is 1. The number of aliphatic hydroxyl groups excluding tert-OH is 1. The zero-order valence-corrected chi connectivity index (χ0v) is 14.4. The van der Waals surface area contributed by atoms with Gasteiger partial charge in [-0.05, 0) is 63.2 Å². The maximum Gasteiger partial charge on any atom is 0.303 e. The largest absolute Gasteiger partial charge is 0.481 e. The molecular weight excluding hydrogens is 308 g/mol. The van der Waals surface area contributed by atoms with Crippen molar-refractivity contribution in [3.05, 3.63) is 11.6 Å². The monoisotopic (exact) mass is 338 g/mol. The van der Waals surface area contributed by atoms with E-state index in [1.807, 2.05) is 0 Å².